The second-order valence-electron chi connectivity index (χ2n) is 3.63. The van der Waals surface area contributed by atoms with Crippen molar-refractivity contribution in [2.45, 2.75) is 19.0 Å². The lowest BCUT2D eigenvalue weighted by atomic mass is 10.4. The normalized spacial score (nSPS) is 11.4. The van der Waals surface area contributed by atoms with Crippen molar-refractivity contribution in [3.8, 4) is 0 Å². The number of hydrogen-bond acceptors (Lipinski definition) is 4. The molecule has 1 aromatic rings. The minimum absolute atomic E-state index is 0.0143. The summed E-state index contributed by atoms with van der Waals surface area (Å²) in [4.78, 5) is 14.6. The molecule has 2 amide bonds. The van der Waals surface area contributed by atoms with E-state index in [1.165, 1.54) is 0 Å². The number of carbonyl (C=O) groups is 1. The van der Waals surface area contributed by atoms with Gasteiger partial charge in [0.25, 0.3) is 0 Å². The van der Waals surface area contributed by atoms with Gasteiger partial charge in [-0.2, -0.15) is 13.2 Å². The molecule has 108 valence electrons. The number of nitrogens with zero attached hydrogens (tertiary/aromatic N) is 1. The van der Waals surface area contributed by atoms with Gasteiger partial charge in [0, 0.05) is 31.5 Å². The molecule has 0 unspecified atom stereocenters. The first-order chi connectivity index (χ1) is 8.93. The van der Waals surface area contributed by atoms with Crippen LogP contribution in [0.2, 0.25) is 0 Å². The van der Waals surface area contributed by atoms with Gasteiger partial charge in [-0.3, -0.25) is 0 Å². The Morgan fingerprint density at radius 2 is 2.05 bits per heavy atom. The Morgan fingerprint density at radius 1 is 1.37 bits per heavy atom. The SMILES string of the molecule is O=C(NCCCO)NCCc1nc(C(F)(F)F)cs1. The van der Waals surface area contributed by atoms with E-state index in [1.807, 2.05) is 0 Å². The van der Waals surface area contributed by atoms with Gasteiger partial charge in [0.1, 0.15) is 0 Å². The Bertz CT molecular complexity index is 409. The van der Waals surface area contributed by atoms with E-state index in [1.54, 1.807) is 0 Å². The molecule has 19 heavy (non-hydrogen) atoms. The van der Waals surface area contributed by atoms with Gasteiger partial charge in [-0.05, 0) is 6.42 Å². The summed E-state index contributed by atoms with van der Waals surface area (Å²) >= 11 is 0.914. The molecule has 0 spiro atoms. The smallest absolute Gasteiger partial charge is 0.396 e. The van der Waals surface area contributed by atoms with Gasteiger partial charge in [-0.15, -0.1) is 11.3 Å². The molecule has 1 aromatic heterocycles. The number of alkyl halides is 3. The highest BCUT2D eigenvalue weighted by atomic mass is 32.1. The predicted molar refractivity (Wildman–Crippen MR) is 63.9 cm³/mol. The molecule has 0 aliphatic rings. The Hall–Kier alpha value is -1.35. The maximum Gasteiger partial charge on any atom is 0.434 e. The fourth-order valence-electron chi connectivity index (χ4n) is 1.18. The van der Waals surface area contributed by atoms with E-state index in [0.717, 1.165) is 16.7 Å². The second-order valence-corrected chi connectivity index (χ2v) is 4.58. The van der Waals surface area contributed by atoms with Crippen LogP contribution in [-0.2, 0) is 12.6 Å². The van der Waals surface area contributed by atoms with Crippen molar-refractivity contribution in [1.29, 1.82) is 0 Å². The number of urea groups is 1. The lowest BCUT2D eigenvalue weighted by molar-refractivity contribution is -0.140. The van der Waals surface area contributed by atoms with Crippen LogP contribution in [0.5, 0.6) is 0 Å². The van der Waals surface area contributed by atoms with Crippen LogP contribution in [0.4, 0.5) is 18.0 Å². The summed E-state index contributed by atoms with van der Waals surface area (Å²) in [6, 6.07) is -0.416. The molecule has 0 saturated carbocycles. The number of carbonyl (C=O) groups excluding carboxylic acids is 1. The molecule has 1 rings (SSSR count). The van der Waals surface area contributed by atoms with E-state index in [-0.39, 0.29) is 19.6 Å². The van der Waals surface area contributed by atoms with E-state index < -0.39 is 17.9 Å². The summed E-state index contributed by atoms with van der Waals surface area (Å²) in [5, 5.41) is 14.8. The van der Waals surface area contributed by atoms with Crippen LogP contribution >= 0.6 is 11.3 Å². The first kappa shape index (κ1) is 15.7. The van der Waals surface area contributed by atoms with Crippen molar-refractivity contribution in [1.82, 2.24) is 15.6 Å². The molecule has 1 heterocycles. The van der Waals surface area contributed by atoms with Gasteiger partial charge in [0.05, 0.1) is 5.01 Å². The van der Waals surface area contributed by atoms with Gasteiger partial charge >= 0.3 is 12.2 Å². The molecule has 0 aliphatic heterocycles. The average molecular weight is 297 g/mol. The second kappa shape index (κ2) is 7.29. The largest absolute Gasteiger partial charge is 0.434 e. The monoisotopic (exact) mass is 297 g/mol. The van der Waals surface area contributed by atoms with Crippen molar-refractivity contribution in [3.63, 3.8) is 0 Å². The van der Waals surface area contributed by atoms with Gasteiger partial charge in [0.15, 0.2) is 5.69 Å². The van der Waals surface area contributed by atoms with Crippen LogP contribution in [-0.4, -0.2) is 35.8 Å². The summed E-state index contributed by atoms with van der Waals surface area (Å²) in [5.41, 5.74) is -0.903. The summed E-state index contributed by atoms with van der Waals surface area (Å²) in [6.07, 6.45) is -3.73. The van der Waals surface area contributed by atoms with E-state index in [0.29, 0.717) is 18.0 Å². The minimum Gasteiger partial charge on any atom is -0.396 e. The maximum atomic E-state index is 12.3. The molecule has 5 nitrogen and oxygen atoms in total. The Balaban J connectivity index is 2.26. The van der Waals surface area contributed by atoms with Crippen LogP contribution < -0.4 is 10.6 Å². The molecule has 0 radical (unpaired) electrons. The third-order valence-corrected chi connectivity index (χ3v) is 3.00. The van der Waals surface area contributed by atoms with Gasteiger partial charge in [0.2, 0.25) is 0 Å². The topological polar surface area (TPSA) is 74.2 Å². The molecule has 0 fully saturated rings. The molecule has 0 bridgehead atoms. The lowest BCUT2D eigenvalue weighted by Gasteiger charge is -2.05. The molecule has 9 heteroatoms. The van der Waals surface area contributed by atoms with E-state index in [2.05, 4.69) is 15.6 Å². The molecule has 0 saturated heterocycles. The van der Waals surface area contributed by atoms with Crippen molar-refractivity contribution < 1.29 is 23.1 Å². The quantitative estimate of drug-likeness (QED) is 0.695. The van der Waals surface area contributed by atoms with E-state index in [4.69, 9.17) is 5.11 Å². The number of hydrogen-bond donors (Lipinski definition) is 3. The van der Waals surface area contributed by atoms with Crippen LogP contribution in [0.3, 0.4) is 0 Å². The van der Waals surface area contributed by atoms with E-state index >= 15 is 0 Å². The third kappa shape index (κ3) is 5.88. The Labute approximate surface area is 111 Å². The highest BCUT2D eigenvalue weighted by Gasteiger charge is 2.33. The zero-order valence-corrected chi connectivity index (χ0v) is 10.8. The maximum absolute atomic E-state index is 12.3. The zero-order chi connectivity index (χ0) is 14.3. The third-order valence-electron chi connectivity index (χ3n) is 2.09. The van der Waals surface area contributed by atoms with Crippen molar-refractivity contribution in [2.24, 2.45) is 0 Å². The standard InChI is InChI=1S/C10H14F3N3O2S/c11-10(12,13)7-6-19-8(16-7)2-4-15-9(18)14-3-1-5-17/h6,17H,1-5H2,(H2,14,15,18). The molecule has 3 N–H and O–H groups in total. The lowest BCUT2D eigenvalue weighted by Crippen LogP contribution is -2.37. The number of halogens is 3. The fraction of sp³-hybridized carbons (Fsp3) is 0.600. The number of thiazole rings is 1. The summed E-state index contributed by atoms with van der Waals surface area (Å²) in [6.45, 7) is 0.535. The number of amides is 2. The molecule has 0 aliphatic carbocycles. The van der Waals surface area contributed by atoms with Crippen LogP contribution in [0, 0.1) is 0 Å². The number of aliphatic hydroxyl groups is 1. The Morgan fingerprint density at radius 3 is 2.63 bits per heavy atom. The van der Waals surface area contributed by atoms with Crippen molar-refractivity contribution >= 4 is 17.4 Å². The van der Waals surface area contributed by atoms with Gasteiger partial charge < -0.3 is 15.7 Å². The first-order valence-corrected chi connectivity index (χ1v) is 6.45. The van der Waals surface area contributed by atoms with Crippen molar-refractivity contribution in [3.05, 3.63) is 16.1 Å². The molecular formula is C10H14F3N3O2S. The summed E-state index contributed by atoms with van der Waals surface area (Å²) < 4.78 is 36.8. The number of rotatable bonds is 6. The molecule has 0 atom stereocenters. The predicted octanol–water partition coefficient (Wildman–Crippen LogP) is 1.39. The number of aromatic nitrogens is 1. The van der Waals surface area contributed by atoms with E-state index in [9.17, 15) is 18.0 Å². The zero-order valence-electron chi connectivity index (χ0n) is 9.96. The summed E-state index contributed by atoms with van der Waals surface area (Å²) in [7, 11) is 0. The van der Waals surface area contributed by atoms with Crippen LogP contribution in [0.1, 0.15) is 17.1 Å². The highest BCUT2D eigenvalue weighted by Crippen LogP contribution is 2.29. The highest BCUT2D eigenvalue weighted by molar-refractivity contribution is 7.09. The minimum atomic E-state index is -4.43. The Kier molecular flexibility index (Phi) is 6.03. The van der Waals surface area contributed by atoms with Gasteiger partial charge in [-0.25, -0.2) is 9.78 Å². The number of nitrogens with one attached hydrogen (secondary N) is 2. The first-order valence-electron chi connectivity index (χ1n) is 5.57. The molecule has 0 aromatic carbocycles. The molecular weight excluding hydrogens is 283 g/mol. The summed E-state index contributed by atoms with van der Waals surface area (Å²) in [5.74, 6) is 0. The van der Waals surface area contributed by atoms with Crippen LogP contribution in [0.15, 0.2) is 5.38 Å². The van der Waals surface area contributed by atoms with Crippen molar-refractivity contribution in [2.75, 3.05) is 19.7 Å². The number of aliphatic hydroxyl groups excluding tert-OH is 1. The fourth-order valence-corrected chi connectivity index (χ4v) is 1.99. The van der Waals surface area contributed by atoms with Gasteiger partial charge in [-0.1, -0.05) is 0 Å². The van der Waals surface area contributed by atoms with Crippen LogP contribution in [0.25, 0.3) is 0 Å². The average Bonchev–Trinajstić information content (AvgIpc) is 2.78.